The summed E-state index contributed by atoms with van der Waals surface area (Å²) in [6.07, 6.45) is -8.84. The van der Waals surface area contributed by atoms with Gasteiger partial charge in [0.1, 0.15) is 6.33 Å². The Morgan fingerprint density at radius 2 is 1.55 bits per heavy atom. The Kier molecular flexibility index (Phi) is 5.31. The minimum absolute atomic E-state index is 0.0286. The van der Waals surface area contributed by atoms with E-state index in [0.29, 0.717) is 23.0 Å². The normalized spacial score (nSPS) is 12.1. The lowest BCUT2D eigenvalue weighted by Gasteiger charge is -2.15. The van der Waals surface area contributed by atoms with Gasteiger partial charge >= 0.3 is 12.4 Å². The zero-order valence-electron chi connectivity index (χ0n) is 14.3. The molecule has 0 aliphatic rings. The zero-order valence-corrected chi connectivity index (χ0v) is 14.3. The number of alkyl halides is 6. The minimum atomic E-state index is -5.02. The van der Waals surface area contributed by atoms with Crippen molar-refractivity contribution in [3.8, 4) is 5.88 Å². The van der Waals surface area contributed by atoms with E-state index < -0.39 is 41.7 Å². The molecule has 1 N–H and O–H groups in total. The molecule has 29 heavy (non-hydrogen) atoms. The van der Waals surface area contributed by atoms with E-state index >= 15 is 0 Å². The standard InChI is InChI=1S/C18H11F6N3O2/c19-17(20,21)10-5-11(18(22,23)24)7-12(6-10)27-15(28)8-29-16-13-3-1-2-4-14(13)25-9-26-16/h1-7,9H,8H2,(H,27,28). The lowest BCUT2D eigenvalue weighted by molar-refractivity contribution is -0.143. The molecule has 0 spiro atoms. The zero-order chi connectivity index (χ0) is 21.2. The summed E-state index contributed by atoms with van der Waals surface area (Å²) < 4.78 is 82.5. The van der Waals surface area contributed by atoms with Crippen LogP contribution in [-0.2, 0) is 17.1 Å². The first kappa shape index (κ1) is 20.4. The maximum atomic E-state index is 12.9. The van der Waals surface area contributed by atoms with Crippen molar-refractivity contribution >= 4 is 22.5 Å². The average molecular weight is 415 g/mol. The van der Waals surface area contributed by atoms with Crippen LogP contribution in [0.5, 0.6) is 5.88 Å². The highest BCUT2D eigenvalue weighted by Gasteiger charge is 2.37. The van der Waals surface area contributed by atoms with Gasteiger partial charge in [-0.05, 0) is 30.3 Å². The Morgan fingerprint density at radius 1 is 0.931 bits per heavy atom. The summed E-state index contributed by atoms with van der Waals surface area (Å²) in [5.41, 5.74) is -3.20. The first-order chi connectivity index (χ1) is 13.5. The maximum absolute atomic E-state index is 12.9. The number of carbonyl (C=O) groups is 1. The number of benzene rings is 2. The van der Waals surface area contributed by atoms with Crippen molar-refractivity contribution in [2.75, 3.05) is 11.9 Å². The molecule has 11 heteroatoms. The fourth-order valence-corrected chi connectivity index (χ4v) is 2.45. The van der Waals surface area contributed by atoms with E-state index in [0.717, 1.165) is 0 Å². The monoisotopic (exact) mass is 415 g/mol. The van der Waals surface area contributed by atoms with Crippen molar-refractivity contribution in [3.05, 3.63) is 59.9 Å². The summed E-state index contributed by atoms with van der Waals surface area (Å²) in [7, 11) is 0. The van der Waals surface area contributed by atoms with Crippen LogP contribution < -0.4 is 10.1 Å². The highest BCUT2D eigenvalue weighted by molar-refractivity contribution is 5.92. The molecule has 0 atom stereocenters. The number of nitrogens with one attached hydrogen (secondary N) is 1. The molecule has 0 unspecified atom stereocenters. The van der Waals surface area contributed by atoms with Crippen molar-refractivity contribution in [1.29, 1.82) is 0 Å². The third-order valence-electron chi connectivity index (χ3n) is 3.72. The summed E-state index contributed by atoms with van der Waals surface area (Å²) in [5, 5.41) is 2.47. The van der Waals surface area contributed by atoms with Crippen LogP contribution in [0.2, 0.25) is 0 Å². The second-order valence-corrected chi connectivity index (χ2v) is 5.83. The molecule has 0 saturated heterocycles. The number of fused-ring (bicyclic) bond motifs is 1. The SMILES string of the molecule is O=C(COc1ncnc2ccccc12)Nc1cc(C(F)(F)F)cc(C(F)(F)F)c1. The Hall–Kier alpha value is -3.37. The van der Waals surface area contributed by atoms with Crippen LogP contribution in [0.1, 0.15) is 11.1 Å². The molecule has 1 aromatic heterocycles. The van der Waals surface area contributed by atoms with Crippen molar-refractivity contribution in [1.82, 2.24) is 9.97 Å². The number of para-hydroxylation sites is 1. The smallest absolute Gasteiger partial charge is 0.416 e. The molecule has 0 fully saturated rings. The summed E-state index contributed by atoms with van der Waals surface area (Å²) in [4.78, 5) is 19.9. The van der Waals surface area contributed by atoms with Gasteiger partial charge in [0.15, 0.2) is 6.61 Å². The quantitative estimate of drug-likeness (QED) is 0.629. The number of amides is 1. The van der Waals surface area contributed by atoms with Crippen LogP contribution in [-0.4, -0.2) is 22.5 Å². The molecular weight excluding hydrogens is 404 g/mol. The van der Waals surface area contributed by atoms with Gasteiger partial charge in [-0.1, -0.05) is 12.1 Å². The Balaban J connectivity index is 1.78. The number of anilines is 1. The van der Waals surface area contributed by atoms with E-state index in [1.165, 1.54) is 6.33 Å². The van der Waals surface area contributed by atoms with Crippen LogP contribution in [0.15, 0.2) is 48.8 Å². The van der Waals surface area contributed by atoms with Crippen molar-refractivity contribution in [3.63, 3.8) is 0 Å². The van der Waals surface area contributed by atoms with Gasteiger partial charge in [-0.15, -0.1) is 0 Å². The van der Waals surface area contributed by atoms with Gasteiger partial charge in [0.2, 0.25) is 5.88 Å². The first-order valence-electron chi connectivity index (χ1n) is 7.96. The molecule has 1 heterocycles. The predicted molar refractivity (Wildman–Crippen MR) is 90.1 cm³/mol. The lowest BCUT2D eigenvalue weighted by atomic mass is 10.1. The van der Waals surface area contributed by atoms with Gasteiger partial charge in [-0.25, -0.2) is 9.97 Å². The van der Waals surface area contributed by atoms with Gasteiger partial charge in [-0.2, -0.15) is 26.3 Å². The summed E-state index contributed by atoms with van der Waals surface area (Å²) in [5.74, 6) is -0.911. The van der Waals surface area contributed by atoms with Gasteiger partial charge < -0.3 is 10.1 Å². The van der Waals surface area contributed by atoms with Gasteiger partial charge in [-0.3, -0.25) is 4.79 Å². The third-order valence-corrected chi connectivity index (χ3v) is 3.72. The highest BCUT2D eigenvalue weighted by atomic mass is 19.4. The number of ether oxygens (including phenoxy) is 1. The third kappa shape index (κ3) is 4.92. The topological polar surface area (TPSA) is 64.1 Å². The molecule has 0 saturated carbocycles. The van der Waals surface area contributed by atoms with Crippen LogP contribution >= 0.6 is 0 Å². The summed E-state index contributed by atoms with van der Waals surface area (Å²) in [6.45, 7) is -0.682. The number of hydrogen-bond acceptors (Lipinski definition) is 4. The molecule has 0 radical (unpaired) electrons. The number of aromatic nitrogens is 2. The number of halogens is 6. The van der Waals surface area contributed by atoms with E-state index in [-0.39, 0.29) is 11.9 Å². The van der Waals surface area contributed by atoms with Gasteiger partial charge in [0.25, 0.3) is 5.91 Å². The average Bonchev–Trinajstić information content (AvgIpc) is 2.64. The van der Waals surface area contributed by atoms with Gasteiger partial charge in [0, 0.05) is 5.69 Å². The number of hydrogen-bond donors (Lipinski definition) is 1. The van der Waals surface area contributed by atoms with Crippen LogP contribution in [0.4, 0.5) is 32.0 Å². The summed E-state index contributed by atoms with van der Waals surface area (Å²) >= 11 is 0. The second kappa shape index (κ2) is 7.57. The van der Waals surface area contributed by atoms with E-state index in [4.69, 9.17) is 4.74 Å². The molecule has 0 bridgehead atoms. The van der Waals surface area contributed by atoms with E-state index in [1.54, 1.807) is 24.3 Å². The fraction of sp³-hybridized carbons (Fsp3) is 0.167. The molecular formula is C18H11F6N3O2. The molecule has 1 amide bonds. The van der Waals surface area contributed by atoms with Gasteiger partial charge in [0.05, 0.1) is 22.0 Å². The molecule has 3 rings (SSSR count). The molecule has 3 aromatic rings. The maximum Gasteiger partial charge on any atom is 0.416 e. The largest absolute Gasteiger partial charge is 0.467 e. The number of carbonyl (C=O) groups excluding carboxylic acids is 1. The number of rotatable bonds is 4. The minimum Gasteiger partial charge on any atom is -0.467 e. The molecule has 0 aliphatic carbocycles. The summed E-state index contributed by atoms with van der Waals surface area (Å²) in [6, 6.07) is 7.49. The fourth-order valence-electron chi connectivity index (χ4n) is 2.45. The van der Waals surface area contributed by atoms with E-state index in [2.05, 4.69) is 9.97 Å². The molecule has 0 aliphatic heterocycles. The predicted octanol–water partition coefficient (Wildman–Crippen LogP) is 4.68. The Morgan fingerprint density at radius 3 is 2.17 bits per heavy atom. The van der Waals surface area contributed by atoms with Crippen molar-refractivity contribution < 1.29 is 35.9 Å². The van der Waals surface area contributed by atoms with E-state index in [9.17, 15) is 31.1 Å². The Bertz CT molecular complexity index is 1010. The van der Waals surface area contributed by atoms with Crippen molar-refractivity contribution in [2.45, 2.75) is 12.4 Å². The van der Waals surface area contributed by atoms with Crippen molar-refractivity contribution in [2.24, 2.45) is 0 Å². The first-order valence-corrected chi connectivity index (χ1v) is 7.96. The van der Waals surface area contributed by atoms with Crippen LogP contribution in [0.3, 0.4) is 0 Å². The van der Waals surface area contributed by atoms with Crippen LogP contribution in [0.25, 0.3) is 10.9 Å². The second-order valence-electron chi connectivity index (χ2n) is 5.83. The number of nitrogens with zero attached hydrogens (tertiary/aromatic N) is 2. The molecule has 152 valence electrons. The Labute approximate surface area is 159 Å². The van der Waals surface area contributed by atoms with Crippen LogP contribution in [0, 0.1) is 0 Å². The molecule has 5 nitrogen and oxygen atoms in total. The highest BCUT2D eigenvalue weighted by Crippen LogP contribution is 2.37. The van der Waals surface area contributed by atoms with E-state index in [1.807, 2.05) is 5.32 Å². The lowest BCUT2D eigenvalue weighted by Crippen LogP contribution is -2.21. The molecule has 2 aromatic carbocycles.